The van der Waals surface area contributed by atoms with Gasteiger partial charge in [0.2, 0.25) is 5.91 Å². The van der Waals surface area contributed by atoms with Gasteiger partial charge in [0.05, 0.1) is 17.2 Å². The number of hydrogen-bond acceptors (Lipinski definition) is 4. The van der Waals surface area contributed by atoms with E-state index in [0.29, 0.717) is 12.3 Å². The molecule has 106 valence electrons. The maximum Gasteiger partial charge on any atom is 0.227 e. The molecule has 0 aromatic carbocycles. The highest BCUT2D eigenvalue weighted by atomic mass is 16.5. The van der Waals surface area contributed by atoms with E-state index in [1.807, 2.05) is 20.8 Å². The predicted molar refractivity (Wildman–Crippen MR) is 70.8 cm³/mol. The van der Waals surface area contributed by atoms with Crippen LogP contribution in [0.2, 0.25) is 0 Å². The summed E-state index contributed by atoms with van der Waals surface area (Å²) in [4.78, 5) is 12.2. The number of nitrogens with one attached hydrogen (secondary N) is 1. The van der Waals surface area contributed by atoms with Gasteiger partial charge in [-0.2, -0.15) is 0 Å². The van der Waals surface area contributed by atoms with Crippen molar-refractivity contribution >= 4 is 5.91 Å². The monoisotopic (exact) mass is 266 g/mol. The second-order valence-corrected chi connectivity index (χ2v) is 5.61. The van der Waals surface area contributed by atoms with Gasteiger partial charge in [-0.1, -0.05) is 18.0 Å². The zero-order valence-corrected chi connectivity index (χ0v) is 11.8. The minimum Gasteiger partial charge on any atom is -0.388 e. The molecule has 0 radical (unpaired) electrons. The van der Waals surface area contributed by atoms with Crippen molar-refractivity contribution < 1.29 is 14.4 Å². The van der Waals surface area contributed by atoms with Crippen LogP contribution in [0.15, 0.2) is 4.52 Å². The molecule has 0 saturated heterocycles. The Kier molecular flexibility index (Phi) is 3.94. The van der Waals surface area contributed by atoms with E-state index in [9.17, 15) is 9.90 Å². The van der Waals surface area contributed by atoms with Crippen LogP contribution in [-0.4, -0.2) is 28.3 Å². The Morgan fingerprint density at radius 1 is 1.47 bits per heavy atom. The number of amides is 1. The van der Waals surface area contributed by atoms with Crippen LogP contribution in [0.5, 0.6) is 0 Å². The van der Waals surface area contributed by atoms with Crippen LogP contribution in [-0.2, 0) is 4.79 Å². The van der Waals surface area contributed by atoms with Gasteiger partial charge in [0.1, 0.15) is 5.76 Å². The highest BCUT2D eigenvalue weighted by Gasteiger charge is 2.32. The molecule has 1 aliphatic carbocycles. The first kappa shape index (κ1) is 14.1. The molecule has 1 unspecified atom stereocenters. The molecular formula is C14H22N2O3. The third-order valence-corrected chi connectivity index (χ3v) is 4.04. The normalized spacial score (nSPS) is 19.4. The van der Waals surface area contributed by atoms with Gasteiger partial charge < -0.3 is 14.9 Å². The number of rotatable bonds is 4. The number of aliphatic hydroxyl groups is 1. The Balaban J connectivity index is 1.96. The summed E-state index contributed by atoms with van der Waals surface area (Å²) in [6.07, 6.45) is 3.61. The Morgan fingerprint density at radius 3 is 2.63 bits per heavy atom. The summed E-state index contributed by atoms with van der Waals surface area (Å²) in [7, 11) is 0. The molecule has 1 atom stereocenters. The van der Waals surface area contributed by atoms with Crippen molar-refractivity contribution in [3.8, 4) is 0 Å². The van der Waals surface area contributed by atoms with Crippen molar-refractivity contribution in [1.82, 2.24) is 10.5 Å². The largest absolute Gasteiger partial charge is 0.388 e. The lowest BCUT2D eigenvalue weighted by Crippen LogP contribution is -2.42. The molecule has 1 fully saturated rings. The van der Waals surface area contributed by atoms with Gasteiger partial charge in [0.15, 0.2) is 0 Å². The number of aromatic nitrogens is 1. The second kappa shape index (κ2) is 5.33. The third-order valence-electron chi connectivity index (χ3n) is 4.04. The SMILES string of the molecule is Cc1noc(C)c1C(C)C(=O)NCC1(O)CCCC1. The van der Waals surface area contributed by atoms with Crippen molar-refractivity contribution in [2.75, 3.05) is 6.54 Å². The number of aryl methyl sites for hydroxylation is 2. The molecule has 1 aliphatic rings. The molecule has 19 heavy (non-hydrogen) atoms. The summed E-state index contributed by atoms with van der Waals surface area (Å²) in [5.41, 5.74) is 0.879. The molecule has 5 nitrogen and oxygen atoms in total. The Labute approximate surface area is 113 Å². The van der Waals surface area contributed by atoms with Crippen LogP contribution < -0.4 is 5.32 Å². The fourth-order valence-electron chi connectivity index (χ4n) is 2.85. The standard InChI is InChI=1S/C14H22N2O3/c1-9(12-10(2)16-19-11(12)3)13(17)15-8-14(18)6-4-5-7-14/h9,18H,4-8H2,1-3H3,(H,15,17). The lowest BCUT2D eigenvalue weighted by molar-refractivity contribution is -0.123. The lowest BCUT2D eigenvalue weighted by atomic mass is 9.97. The quantitative estimate of drug-likeness (QED) is 0.871. The van der Waals surface area contributed by atoms with E-state index in [4.69, 9.17) is 4.52 Å². The third kappa shape index (κ3) is 2.97. The van der Waals surface area contributed by atoms with Gasteiger partial charge in [0, 0.05) is 12.1 Å². The molecule has 2 rings (SSSR count). The highest BCUT2D eigenvalue weighted by Crippen LogP contribution is 2.29. The van der Waals surface area contributed by atoms with E-state index in [0.717, 1.165) is 36.9 Å². The van der Waals surface area contributed by atoms with Crippen molar-refractivity contribution in [2.45, 2.75) is 58.0 Å². The molecule has 0 bridgehead atoms. The van der Waals surface area contributed by atoms with Crippen LogP contribution in [0.25, 0.3) is 0 Å². The lowest BCUT2D eigenvalue weighted by Gasteiger charge is -2.23. The van der Waals surface area contributed by atoms with Gasteiger partial charge >= 0.3 is 0 Å². The molecule has 0 aliphatic heterocycles. The number of carbonyl (C=O) groups is 1. The van der Waals surface area contributed by atoms with Gasteiger partial charge in [-0.25, -0.2) is 0 Å². The summed E-state index contributed by atoms with van der Waals surface area (Å²) in [5.74, 6) is 0.283. The van der Waals surface area contributed by atoms with E-state index in [1.54, 1.807) is 0 Å². The molecule has 1 aromatic rings. The maximum atomic E-state index is 12.2. The second-order valence-electron chi connectivity index (χ2n) is 5.61. The van der Waals surface area contributed by atoms with E-state index in [1.165, 1.54) is 0 Å². The maximum absolute atomic E-state index is 12.2. The van der Waals surface area contributed by atoms with Gasteiger partial charge in [-0.05, 0) is 33.6 Å². The van der Waals surface area contributed by atoms with E-state index < -0.39 is 5.60 Å². The molecule has 1 saturated carbocycles. The van der Waals surface area contributed by atoms with Gasteiger partial charge in [-0.15, -0.1) is 0 Å². The van der Waals surface area contributed by atoms with E-state index >= 15 is 0 Å². The molecule has 5 heteroatoms. The molecule has 1 aromatic heterocycles. The van der Waals surface area contributed by atoms with Gasteiger partial charge in [-0.3, -0.25) is 4.79 Å². The van der Waals surface area contributed by atoms with Crippen molar-refractivity contribution in [3.63, 3.8) is 0 Å². The first-order valence-electron chi connectivity index (χ1n) is 6.86. The van der Waals surface area contributed by atoms with Crippen LogP contribution in [0, 0.1) is 13.8 Å². The van der Waals surface area contributed by atoms with Crippen LogP contribution in [0.1, 0.15) is 55.5 Å². The van der Waals surface area contributed by atoms with Crippen molar-refractivity contribution in [1.29, 1.82) is 0 Å². The number of hydrogen-bond donors (Lipinski definition) is 2. The molecule has 0 spiro atoms. The highest BCUT2D eigenvalue weighted by molar-refractivity contribution is 5.83. The fraction of sp³-hybridized carbons (Fsp3) is 0.714. The van der Waals surface area contributed by atoms with E-state index in [-0.39, 0.29) is 11.8 Å². The molecule has 1 heterocycles. The average Bonchev–Trinajstić information content (AvgIpc) is 2.93. The van der Waals surface area contributed by atoms with Crippen LogP contribution in [0.3, 0.4) is 0 Å². The zero-order valence-electron chi connectivity index (χ0n) is 11.8. The molecular weight excluding hydrogens is 244 g/mol. The summed E-state index contributed by atoms with van der Waals surface area (Å²) < 4.78 is 5.08. The topological polar surface area (TPSA) is 75.4 Å². The Hall–Kier alpha value is -1.36. The zero-order chi connectivity index (χ0) is 14.0. The summed E-state index contributed by atoms with van der Waals surface area (Å²) in [6, 6.07) is 0. The van der Waals surface area contributed by atoms with Gasteiger partial charge in [0.25, 0.3) is 0 Å². The molecule has 2 N–H and O–H groups in total. The summed E-state index contributed by atoms with van der Waals surface area (Å²) in [5, 5.41) is 16.9. The van der Waals surface area contributed by atoms with E-state index in [2.05, 4.69) is 10.5 Å². The van der Waals surface area contributed by atoms with Crippen molar-refractivity contribution in [2.24, 2.45) is 0 Å². The smallest absolute Gasteiger partial charge is 0.227 e. The Bertz CT molecular complexity index is 442. The minimum atomic E-state index is -0.714. The van der Waals surface area contributed by atoms with Crippen LogP contribution >= 0.6 is 0 Å². The summed E-state index contributed by atoms with van der Waals surface area (Å²) >= 11 is 0. The fourth-order valence-corrected chi connectivity index (χ4v) is 2.85. The predicted octanol–water partition coefficient (Wildman–Crippen LogP) is 1.82. The Morgan fingerprint density at radius 2 is 2.11 bits per heavy atom. The number of carbonyl (C=O) groups excluding carboxylic acids is 1. The number of nitrogens with zero attached hydrogens (tertiary/aromatic N) is 1. The molecule has 1 amide bonds. The average molecular weight is 266 g/mol. The first-order chi connectivity index (χ1) is 8.93. The van der Waals surface area contributed by atoms with Crippen LogP contribution in [0.4, 0.5) is 0 Å². The minimum absolute atomic E-state index is 0.0882. The van der Waals surface area contributed by atoms with Crippen molar-refractivity contribution in [3.05, 3.63) is 17.0 Å². The first-order valence-corrected chi connectivity index (χ1v) is 6.86. The summed E-state index contributed by atoms with van der Waals surface area (Å²) in [6.45, 7) is 5.81.